The molecular weight excluding hydrogens is 377 g/mol. The van der Waals surface area contributed by atoms with Crippen LogP contribution < -0.4 is 0 Å². The molecule has 114 valence electrons. The molecule has 0 bridgehead atoms. The Morgan fingerprint density at radius 3 is 0.833 bits per heavy atom. The Morgan fingerprint density at radius 1 is 0.556 bits per heavy atom. The van der Waals surface area contributed by atoms with Crippen LogP contribution in [0.1, 0.15) is 0 Å². The van der Waals surface area contributed by atoms with Gasteiger partial charge in [-0.15, -0.1) is 8.80 Å². The number of rotatable bonds is 3. The van der Waals surface area contributed by atoms with Gasteiger partial charge in [-0.2, -0.15) is 0 Å². The van der Waals surface area contributed by atoms with Gasteiger partial charge in [0.15, 0.2) is 10.3 Å². The van der Waals surface area contributed by atoms with Crippen LogP contribution in [0.4, 0.5) is 38.9 Å². The molecule has 0 amide bonds. The summed E-state index contributed by atoms with van der Waals surface area (Å²) in [5, 5.41) is -5.52. The van der Waals surface area contributed by atoms with E-state index in [1.54, 1.807) is 0 Å². The lowest BCUT2D eigenvalue weighted by Crippen LogP contribution is -2.11. The second-order valence-corrected chi connectivity index (χ2v) is 7.41. The summed E-state index contributed by atoms with van der Waals surface area (Å²) in [5.74, 6) is 0. The molecule has 0 saturated carbocycles. The predicted octanol–water partition coefficient (Wildman–Crippen LogP) is 6.69. The van der Waals surface area contributed by atoms with Gasteiger partial charge in [-0.25, -0.2) is 0 Å². The lowest BCUT2D eigenvalue weighted by atomic mass is 10.8. The number of hydrogen-bond donors (Lipinski definition) is 0. The summed E-state index contributed by atoms with van der Waals surface area (Å²) < 4.78 is 117. The van der Waals surface area contributed by atoms with Crippen molar-refractivity contribution < 1.29 is 38.9 Å². The monoisotopic (exact) mass is 376 g/mol. The lowest BCUT2D eigenvalue weighted by Gasteiger charge is -2.36. The molecule has 0 aromatic rings. The Hall–Kier alpha value is -0.0800. The van der Waals surface area contributed by atoms with Crippen molar-refractivity contribution in [2.45, 2.75) is 0 Å². The SMILES string of the molecule is FS(F)(F)(F)(F)N=C(Cl)/C(Cl)=N\S(F)(F)(F)(F)F. The van der Waals surface area contributed by atoms with Crippen LogP contribution in [-0.4, -0.2) is 10.3 Å². The first-order valence-corrected chi connectivity index (χ1v) is 7.56. The van der Waals surface area contributed by atoms with Crippen LogP contribution in [0.2, 0.25) is 0 Å². The maximum Gasteiger partial charge on any atom is 0.383 e. The van der Waals surface area contributed by atoms with E-state index in [9.17, 15) is 38.9 Å². The van der Waals surface area contributed by atoms with Gasteiger partial charge in [-0.3, -0.25) is 0 Å². The van der Waals surface area contributed by atoms with Crippen molar-refractivity contribution in [3.05, 3.63) is 0 Å². The Labute approximate surface area is 102 Å². The van der Waals surface area contributed by atoms with E-state index in [-0.39, 0.29) is 0 Å². The maximum absolute atomic E-state index is 11.6. The van der Waals surface area contributed by atoms with E-state index < -0.39 is 31.2 Å². The molecule has 0 saturated heterocycles. The second-order valence-electron chi connectivity index (χ2n) is 2.62. The van der Waals surface area contributed by atoms with Crippen molar-refractivity contribution in [3.63, 3.8) is 0 Å². The molecule has 0 aromatic heterocycles. The topological polar surface area (TPSA) is 24.7 Å². The molecule has 0 radical (unpaired) electrons. The highest BCUT2D eigenvalue weighted by atomic mass is 35.5. The molecular formula is C2Cl2F10N2S2. The van der Waals surface area contributed by atoms with Gasteiger partial charge >= 0.3 is 20.8 Å². The fourth-order valence-corrected chi connectivity index (χ4v) is 2.12. The Balaban J connectivity index is 5.80. The van der Waals surface area contributed by atoms with E-state index in [2.05, 4.69) is 23.2 Å². The molecule has 2 nitrogen and oxygen atoms in total. The first kappa shape index (κ1) is 17.9. The molecule has 16 heteroatoms. The normalized spacial score (nSPS) is 23.8. The summed E-state index contributed by atoms with van der Waals surface area (Å²) in [5.41, 5.74) is 0. The summed E-state index contributed by atoms with van der Waals surface area (Å²) in [4.78, 5) is 0. The molecule has 0 unspecified atom stereocenters. The third-order valence-corrected chi connectivity index (χ3v) is 2.55. The van der Waals surface area contributed by atoms with Crippen molar-refractivity contribution in [1.82, 2.24) is 0 Å². The summed E-state index contributed by atoms with van der Waals surface area (Å²) in [7, 11) is -21.2. The predicted molar refractivity (Wildman–Crippen MR) is 52.8 cm³/mol. The van der Waals surface area contributed by atoms with Gasteiger partial charge in [0.25, 0.3) is 0 Å². The Morgan fingerprint density at radius 2 is 0.722 bits per heavy atom. The molecule has 0 aliphatic rings. The third kappa shape index (κ3) is 11.0. The summed E-state index contributed by atoms with van der Waals surface area (Å²) in [6, 6.07) is 0. The maximum atomic E-state index is 11.6. The van der Waals surface area contributed by atoms with E-state index >= 15 is 0 Å². The van der Waals surface area contributed by atoms with Gasteiger partial charge in [0.2, 0.25) is 0 Å². The molecule has 0 heterocycles. The zero-order chi connectivity index (χ0) is 15.4. The number of halogens is 12. The molecule has 0 aliphatic carbocycles. The van der Waals surface area contributed by atoms with Crippen LogP contribution in [0.3, 0.4) is 0 Å². The smallest absolute Gasteiger partial charge is 0.113 e. The molecule has 0 spiro atoms. The molecule has 0 atom stereocenters. The average molecular weight is 377 g/mol. The quantitative estimate of drug-likeness (QED) is 0.387. The zero-order valence-electron chi connectivity index (χ0n) is 7.25. The van der Waals surface area contributed by atoms with Gasteiger partial charge in [0.05, 0.1) is 0 Å². The van der Waals surface area contributed by atoms with E-state index in [1.165, 1.54) is 0 Å². The standard InChI is InChI=1S/C2Cl2F10N2S2/c3-1(15-17(5,6,7,8)9)2(4)16-18(10,11,12,13)14/b15-1+,16-2?. The molecule has 0 aliphatic heterocycles. The first-order valence-electron chi connectivity index (χ1n) is 2.98. The van der Waals surface area contributed by atoms with Crippen LogP contribution in [-0.2, 0) is 0 Å². The molecule has 0 N–H and O–H groups in total. The highest BCUT2D eigenvalue weighted by molar-refractivity contribution is 8.45. The fraction of sp³-hybridized carbons (Fsp3) is 0. The number of hydrogen-bond acceptors (Lipinski definition) is 2. The van der Waals surface area contributed by atoms with Gasteiger partial charge in [-0.05, 0) is 0 Å². The fourth-order valence-electron chi connectivity index (χ4n) is 0.378. The van der Waals surface area contributed by atoms with Gasteiger partial charge in [-0.1, -0.05) is 62.1 Å². The zero-order valence-corrected chi connectivity index (χ0v) is 10.4. The Bertz CT molecular complexity index is 394. The molecule has 0 aromatic carbocycles. The van der Waals surface area contributed by atoms with Gasteiger partial charge < -0.3 is 0 Å². The van der Waals surface area contributed by atoms with Gasteiger partial charge in [0.1, 0.15) is 0 Å². The van der Waals surface area contributed by atoms with Crippen LogP contribution in [0, 0.1) is 0 Å². The summed E-state index contributed by atoms with van der Waals surface area (Å²) in [6.45, 7) is 0. The summed E-state index contributed by atoms with van der Waals surface area (Å²) in [6.07, 6.45) is 0. The third-order valence-electron chi connectivity index (χ3n) is 0.676. The highest BCUT2D eigenvalue weighted by Crippen LogP contribution is 3.00. The van der Waals surface area contributed by atoms with E-state index in [1.807, 2.05) is 0 Å². The van der Waals surface area contributed by atoms with Crippen LogP contribution in [0.25, 0.3) is 0 Å². The second kappa shape index (κ2) is 2.98. The molecule has 18 heavy (non-hydrogen) atoms. The molecule has 0 rings (SSSR count). The summed E-state index contributed by atoms with van der Waals surface area (Å²) >= 11 is 8.46. The van der Waals surface area contributed by atoms with Crippen LogP contribution in [0.15, 0.2) is 8.80 Å². The average Bonchev–Trinajstić information content (AvgIpc) is 1.70. The first-order chi connectivity index (χ1) is 6.96. The minimum atomic E-state index is -10.6. The minimum Gasteiger partial charge on any atom is -0.113 e. The van der Waals surface area contributed by atoms with E-state index in [0.717, 1.165) is 0 Å². The van der Waals surface area contributed by atoms with Crippen LogP contribution in [0.5, 0.6) is 0 Å². The van der Waals surface area contributed by atoms with Gasteiger partial charge in [0, 0.05) is 0 Å². The lowest BCUT2D eigenvalue weighted by molar-refractivity contribution is 0.363. The van der Waals surface area contributed by atoms with Crippen molar-refractivity contribution in [3.8, 4) is 0 Å². The minimum absolute atomic E-state index is 0.509. The Kier molecular flexibility index (Phi) is 2.97. The van der Waals surface area contributed by atoms with Crippen molar-refractivity contribution in [1.29, 1.82) is 0 Å². The van der Waals surface area contributed by atoms with E-state index in [4.69, 9.17) is 0 Å². The van der Waals surface area contributed by atoms with Crippen molar-refractivity contribution >= 4 is 54.4 Å². The molecule has 0 fully saturated rings. The van der Waals surface area contributed by atoms with Crippen molar-refractivity contribution in [2.75, 3.05) is 0 Å². The number of nitrogens with zero attached hydrogens (tertiary/aromatic N) is 2. The largest absolute Gasteiger partial charge is 0.383 e. The van der Waals surface area contributed by atoms with Crippen molar-refractivity contribution in [2.24, 2.45) is 8.80 Å². The van der Waals surface area contributed by atoms with E-state index in [0.29, 0.717) is 8.80 Å². The highest BCUT2D eigenvalue weighted by Gasteiger charge is 2.66. The van der Waals surface area contributed by atoms with Crippen LogP contribution >= 0.6 is 44.0 Å².